The van der Waals surface area contributed by atoms with Gasteiger partial charge in [0.15, 0.2) is 11.5 Å². The predicted octanol–water partition coefficient (Wildman–Crippen LogP) is 4.43. The van der Waals surface area contributed by atoms with Crippen LogP contribution >= 0.6 is 0 Å². The van der Waals surface area contributed by atoms with Crippen LogP contribution in [-0.4, -0.2) is 19.3 Å². The van der Waals surface area contributed by atoms with E-state index in [1.807, 2.05) is 48.5 Å². The van der Waals surface area contributed by atoms with Crippen molar-refractivity contribution in [2.75, 3.05) is 14.2 Å². The third-order valence-electron chi connectivity index (χ3n) is 3.91. The van der Waals surface area contributed by atoms with Crippen LogP contribution in [0.5, 0.6) is 17.2 Å². The minimum atomic E-state index is 0.122. The van der Waals surface area contributed by atoms with E-state index in [-0.39, 0.29) is 5.75 Å². The van der Waals surface area contributed by atoms with E-state index in [1.54, 1.807) is 26.4 Å². The molecule has 1 radical (unpaired) electrons. The van der Waals surface area contributed by atoms with E-state index in [4.69, 9.17) is 9.47 Å². The summed E-state index contributed by atoms with van der Waals surface area (Å²) in [6.07, 6.45) is 0. The normalized spacial score (nSPS) is 10.6. The third kappa shape index (κ3) is 3.20. The second-order valence-electron chi connectivity index (χ2n) is 5.36. The molecular formula is C21H19O3. The Kier molecular flexibility index (Phi) is 4.71. The summed E-state index contributed by atoms with van der Waals surface area (Å²) in [5, 5.41) is 10.2. The van der Waals surface area contributed by atoms with Crippen molar-refractivity contribution in [3.05, 3.63) is 95.4 Å². The first-order valence-corrected chi connectivity index (χ1v) is 7.67. The summed E-state index contributed by atoms with van der Waals surface area (Å²) < 4.78 is 10.4. The van der Waals surface area contributed by atoms with Crippen LogP contribution in [-0.2, 0) is 0 Å². The molecule has 24 heavy (non-hydrogen) atoms. The van der Waals surface area contributed by atoms with Gasteiger partial charge in [-0.2, -0.15) is 0 Å². The molecule has 1 N–H and O–H groups in total. The molecule has 0 fully saturated rings. The van der Waals surface area contributed by atoms with E-state index in [1.165, 1.54) is 0 Å². The highest BCUT2D eigenvalue weighted by Crippen LogP contribution is 2.36. The minimum absolute atomic E-state index is 0.122. The van der Waals surface area contributed by atoms with Gasteiger partial charge in [0.1, 0.15) is 5.75 Å². The number of rotatable bonds is 5. The van der Waals surface area contributed by atoms with Gasteiger partial charge in [0.05, 0.1) is 20.1 Å². The summed E-state index contributed by atoms with van der Waals surface area (Å²) in [5.41, 5.74) is 3.04. The van der Waals surface area contributed by atoms with Gasteiger partial charge in [-0.05, 0) is 41.0 Å². The summed E-state index contributed by atoms with van der Waals surface area (Å²) in [7, 11) is 3.19. The zero-order chi connectivity index (χ0) is 16.9. The first kappa shape index (κ1) is 15.9. The molecule has 0 aliphatic rings. The van der Waals surface area contributed by atoms with Gasteiger partial charge in [-0.15, -0.1) is 0 Å². The molecule has 121 valence electrons. The summed E-state index contributed by atoms with van der Waals surface area (Å²) in [6.45, 7) is 0. The number of methoxy groups -OCH3 is 2. The summed E-state index contributed by atoms with van der Waals surface area (Å²) in [6, 6.07) is 23.5. The van der Waals surface area contributed by atoms with Crippen molar-refractivity contribution in [2.24, 2.45) is 0 Å². The van der Waals surface area contributed by atoms with Crippen LogP contribution < -0.4 is 9.47 Å². The molecule has 0 bridgehead atoms. The van der Waals surface area contributed by atoms with Crippen molar-refractivity contribution in [3.63, 3.8) is 0 Å². The molecule has 0 heterocycles. The van der Waals surface area contributed by atoms with E-state index < -0.39 is 0 Å². The zero-order valence-corrected chi connectivity index (χ0v) is 13.7. The fraction of sp³-hybridized carbons (Fsp3) is 0.0952. The van der Waals surface area contributed by atoms with Gasteiger partial charge in [0.2, 0.25) is 0 Å². The van der Waals surface area contributed by atoms with Gasteiger partial charge in [-0.25, -0.2) is 0 Å². The van der Waals surface area contributed by atoms with Crippen LogP contribution in [0.25, 0.3) is 0 Å². The summed E-state index contributed by atoms with van der Waals surface area (Å²) in [4.78, 5) is 0. The molecule has 3 nitrogen and oxygen atoms in total. The average molecular weight is 319 g/mol. The van der Waals surface area contributed by atoms with Crippen molar-refractivity contribution in [1.82, 2.24) is 0 Å². The lowest BCUT2D eigenvalue weighted by molar-refractivity contribution is 0.373. The molecule has 0 spiro atoms. The Morgan fingerprint density at radius 3 is 1.92 bits per heavy atom. The van der Waals surface area contributed by atoms with E-state index in [0.29, 0.717) is 5.75 Å². The van der Waals surface area contributed by atoms with E-state index in [0.717, 1.165) is 28.4 Å². The van der Waals surface area contributed by atoms with Gasteiger partial charge in [0, 0.05) is 0 Å². The fourth-order valence-corrected chi connectivity index (χ4v) is 2.71. The van der Waals surface area contributed by atoms with Gasteiger partial charge >= 0.3 is 0 Å². The first-order valence-electron chi connectivity index (χ1n) is 7.67. The van der Waals surface area contributed by atoms with Crippen LogP contribution in [0.1, 0.15) is 16.7 Å². The summed E-state index contributed by atoms with van der Waals surface area (Å²) in [5.74, 6) is 2.43. The van der Waals surface area contributed by atoms with Gasteiger partial charge < -0.3 is 14.6 Å². The number of benzene rings is 3. The molecule has 0 saturated heterocycles. The van der Waals surface area contributed by atoms with Gasteiger partial charge in [-0.3, -0.25) is 0 Å². The fourth-order valence-electron chi connectivity index (χ4n) is 2.71. The quantitative estimate of drug-likeness (QED) is 0.707. The summed E-state index contributed by atoms with van der Waals surface area (Å²) >= 11 is 0. The molecule has 3 aromatic rings. The maximum absolute atomic E-state index is 10.2. The molecule has 3 heteroatoms. The smallest absolute Gasteiger partial charge is 0.160 e. The average Bonchev–Trinajstić information content (AvgIpc) is 2.64. The molecule has 0 aliphatic heterocycles. The Morgan fingerprint density at radius 2 is 1.33 bits per heavy atom. The van der Waals surface area contributed by atoms with Gasteiger partial charge in [0.25, 0.3) is 0 Å². The maximum Gasteiger partial charge on any atom is 0.160 e. The van der Waals surface area contributed by atoms with Crippen LogP contribution in [0, 0.1) is 5.92 Å². The predicted molar refractivity (Wildman–Crippen MR) is 94.6 cm³/mol. The van der Waals surface area contributed by atoms with Crippen LogP contribution in [0.15, 0.2) is 72.8 Å². The van der Waals surface area contributed by atoms with Crippen molar-refractivity contribution >= 4 is 0 Å². The number of ether oxygens (including phenoxy) is 2. The maximum atomic E-state index is 10.2. The lowest BCUT2D eigenvalue weighted by Gasteiger charge is -2.19. The number of hydrogen-bond donors (Lipinski definition) is 1. The number of aromatic hydroxyl groups is 1. The first-order chi connectivity index (χ1) is 11.7. The standard InChI is InChI=1S/C21H19O3/c1-23-18-11-8-16(9-12-18)21(15-6-4-3-5-7-15)17-10-13-20(24-2)19(22)14-17/h3-14,22H,1-2H3. The molecule has 0 aliphatic carbocycles. The van der Waals surface area contributed by atoms with Crippen LogP contribution in [0.2, 0.25) is 0 Å². The molecular weight excluding hydrogens is 300 g/mol. The highest BCUT2D eigenvalue weighted by atomic mass is 16.5. The van der Waals surface area contributed by atoms with Crippen molar-refractivity contribution in [2.45, 2.75) is 0 Å². The molecule has 0 atom stereocenters. The second kappa shape index (κ2) is 7.09. The lowest BCUT2D eigenvalue weighted by atomic mass is 9.85. The minimum Gasteiger partial charge on any atom is -0.504 e. The Morgan fingerprint density at radius 1 is 0.708 bits per heavy atom. The number of phenols is 1. The number of hydrogen-bond acceptors (Lipinski definition) is 3. The lowest BCUT2D eigenvalue weighted by Crippen LogP contribution is -2.04. The topological polar surface area (TPSA) is 38.7 Å². The van der Waals surface area contributed by atoms with E-state index >= 15 is 0 Å². The molecule has 0 aromatic heterocycles. The SMILES string of the molecule is COc1ccc([C](c2ccccc2)c2ccc(OC)c(O)c2)cc1. The molecule has 3 aromatic carbocycles. The second-order valence-corrected chi connectivity index (χ2v) is 5.36. The number of phenolic OH excluding ortho intramolecular Hbond substituents is 1. The Labute approximate surface area is 142 Å². The van der Waals surface area contributed by atoms with Crippen molar-refractivity contribution < 1.29 is 14.6 Å². The van der Waals surface area contributed by atoms with Crippen LogP contribution in [0.4, 0.5) is 0 Å². The highest BCUT2D eigenvalue weighted by molar-refractivity contribution is 5.60. The molecule has 0 amide bonds. The molecule has 0 saturated carbocycles. The highest BCUT2D eigenvalue weighted by Gasteiger charge is 2.19. The monoisotopic (exact) mass is 319 g/mol. The van der Waals surface area contributed by atoms with Gasteiger partial charge in [-0.1, -0.05) is 48.5 Å². The van der Waals surface area contributed by atoms with Crippen molar-refractivity contribution in [3.8, 4) is 17.2 Å². The van der Waals surface area contributed by atoms with Crippen LogP contribution in [0.3, 0.4) is 0 Å². The largest absolute Gasteiger partial charge is 0.504 e. The molecule has 3 rings (SSSR count). The third-order valence-corrected chi connectivity index (χ3v) is 3.91. The Balaban J connectivity index is 2.09. The Hall–Kier alpha value is -2.94. The zero-order valence-electron chi connectivity index (χ0n) is 13.7. The Bertz CT molecular complexity index is 795. The van der Waals surface area contributed by atoms with E-state index in [2.05, 4.69) is 12.1 Å². The molecule has 0 unspecified atom stereocenters. The van der Waals surface area contributed by atoms with Crippen molar-refractivity contribution in [1.29, 1.82) is 0 Å². The van der Waals surface area contributed by atoms with E-state index in [9.17, 15) is 5.11 Å².